The van der Waals surface area contributed by atoms with Gasteiger partial charge in [-0.2, -0.15) is 5.26 Å². The van der Waals surface area contributed by atoms with Crippen LogP contribution in [-0.4, -0.2) is 64.3 Å². The van der Waals surface area contributed by atoms with Gasteiger partial charge in [0.2, 0.25) is 11.8 Å². The van der Waals surface area contributed by atoms with Crippen LogP contribution in [-0.2, 0) is 24.4 Å². The molecule has 0 unspecified atom stereocenters. The maximum Gasteiger partial charge on any atom is 0.237 e. The van der Waals surface area contributed by atoms with Crippen molar-refractivity contribution in [3.8, 4) is 39.2 Å². The molecule has 1 fully saturated rings. The van der Waals surface area contributed by atoms with Crippen LogP contribution in [0.25, 0.3) is 44.3 Å². The summed E-state index contributed by atoms with van der Waals surface area (Å²) in [6.45, 7) is 8.86. The zero-order chi connectivity index (χ0) is 31.2. The first-order valence-electron chi connectivity index (χ1n) is 15.5. The van der Waals surface area contributed by atoms with Crippen molar-refractivity contribution in [2.75, 3.05) is 33.7 Å². The molecule has 2 aliphatic rings. The van der Waals surface area contributed by atoms with Gasteiger partial charge in [-0.3, -0.25) is 9.69 Å². The number of hydrogen-bond donors (Lipinski definition) is 0. The minimum absolute atomic E-state index is 0.130. The Kier molecular flexibility index (Phi) is 7.74. The van der Waals surface area contributed by atoms with Crippen LogP contribution < -0.4 is 0 Å². The van der Waals surface area contributed by atoms with Gasteiger partial charge < -0.3 is 14.2 Å². The number of aromatic nitrogens is 2. The summed E-state index contributed by atoms with van der Waals surface area (Å²) in [5.74, 6) is 0.656. The zero-order valence-corrected chi connectivity index (χ0v) is 27.0. The summed E-state index contributed by atoms with van der Waals surface area (Å²) in [5.41, 5.74) is 10.4. The number of likely N-dealkylation sites (tertiary alicyclic amines) is 1. The molecule has 9 heteroatoms. The molecule has 0 saturated carbocycles. The normalized spacial score (nSPS) is 14.9. The maximum atomic E-state index is 12.6. The number of hydrogen-bond acceptors (Lipinski definition) is 8. The highest BCUT2D eigenvalue weighted by Crippen LogP contribution is 2.40. The number of nitrogens with zero attached hydrogens (tertiary/aromatic N) is 6. The molecule has 0 spiro atoms. The first-order chi connectivity index (χ1) is 21.8. The summed E-state index contributed by atoms with van der Waals surface area (Å²) in [5, 5.41) is 10.9. The van der Waals surface area contributed by atoms with E-state index in [9.17, 15) is 10.1 Å². The summed E-state index contributed by atoms with van der Waals surface area (Å²) in [4.78, 5) is 29.9. The molecule has 45 heavy (non-hydrogen) atoms. The number of oxazole rings is 1. The van der Waals surface area contributed by atoms with E-state index in [1.807, 2.05) is 42.1 Å². The standard InChI is InChI=1S/C36H36N6O2S/c1-22-26(27-10-8-12-29(23(27)2)36-39-31-19-42(20-32(31)45-36)33(43)21-40(3)4)9-7-11-28(22)35-38-30-16-24(18-41-13-5-6-14-41)15-25(17-37)34(30)44-35/h7-12,15-16H,5-6,13-14,18-21H2,1-4H3. The summed E-state index contributed by atoms with van der Waals surface area (Å²) < 4.78 is 6.29. The third-order valence-corrected chi connectivity index (χ3v) is 10.1. The summed E-state index contributed by atoms with van der Waals surface area (Å²) >= 11 is 1.68. The number of fused-ring (bicyclic) bond motifs is 2. The molecule has 7 rings (SSSR count). The van der Waals surface area contributed by atoms with E-state index < -0.39 is 0 Å². The monoisotopic (exact) mass is 616 g/mol. The lowest BCUT2D eigenvalue weighted by molar-refractivity contribution is -0.132. The summed E-state index contributed by atoms with van der Waals surface area (Å²) in [6, 6.07) is 18.9. The molecule has 5 aromatic rings. The Bertz CT molecular complexity index is 1950. The molecule has 2 aromatic heterocycles. The first kappa shape index (κ1) is 29.4. The van der Waals surface area contributed by atoms with Crippen LogP contribution >= 0.6 is 11.3 Å². The third-order valence-electron chi connectivity index (χ3n) is 8.95. The lowest BCUT2D eigenvalue weighted by Gasteiger charge is -2.18. The predicted molar refractivity (Wildman–Crippen MR) is 177 cm³/mol. The number of carbonyl (C=O) groups excluding carboxylic acids is 1. The lowest BCUT2D eigenvalue weighted by Crippen LogP contribution is -2.34. The second kappa shape index (κ2) is 11.9. The van der Waals surface area contributed by atoms with Crippen molar-refractivity contribution in [3.05, 3.63) is 81.4 Å². The van der Waals surface area contributed by atoms with Gasteiger partial charge in [-0.05, 0) is 99.9 Å². The van der Waals surface area contributed by atoms with E-state index in [0.717, 1.165) is 79.7 Å². The number of rotatable bonds is 7. The number of thiazole rings is 1. The van der Waals surface area contributed by atoms with E-state index in [0.29, 0.717) is 36.7 Å². The van der Waals surface area contributed by atoms with Gasteiger partial charge in [0, 0.05) is 22.5 Å². The summed E-state index contributed by atoms with van der Waals surface area (Å²) in [6.07, 6.45) is 2.45. The second-order valence-corrected chi connectivity index (χ2v) is 13.5. The molecule has 4 heterocycles. The van der Waals surface area contributed by atoms with Crippen LogP contribution in [0.15, 0.2) is 52.9 Å². The molecule has 3 aromatic carbocycles. The highest BCUT2D eigenvalue weighted by molar-refractivity contribution is 7.15. The zero-order valence-electron chi connectivity index (χ0n) is 26.2. The Morgan fingerprint density at radius 1 is 0.978 bits per heavy atom. The third kappa shape index (κ3) is 5.54. The molecule has 8 nitrogen and oxygen atoms in total. The number of amides is 1. The Balaban J connectivity index is 1.19. The largest absolute Gasteiger partial charge is 0.435 e. The number of carbonyl (C=O) groups is 1. The fourth-order valence-electron chi connectivity index (χ4n) is 6.60. The van der Waals surface area contributed by atoms with E-state index in [1.54, 1.807) is 11.3 Å². The van der Waals surface area contributed by atoms with Crippen molar-refractivity contribution in [2.45, 2.75) is 46.3 Å². The van der Waals surface area contributed by atoms with Crippen molar-refractivity contribution in [1.29, 1.82) is 5.26 Å². The van der Waals surface area contributed by atoms with E-state index in [4.69, 9.17) is 14.4 Å². The molecule has 0 atom stereocenters. The fourth-order valence-corrected chi connectivity index (χ4v) is 7.77. The Labute approximate surface area is 267 Å². The van der Waals surface area contributed by atoms with Crippen molar-refractivity contribution >= 4 is 28.3 Å². The van der Waals surface area contributed by atoms with Crippen LogP contribution in [0.3, 0.4) is 0 Å². The van der Waals surface area contributed by atoms with Gasteiger partial charge >= 0.3 is 0 Å². The minimum atomic E-state index is 0.130. The quantitative estimate of drug-likeness (QED) is 0.199. The van der Waals surface area contributed by atoms with Crippen LogP contribution in [0.5, 0.6) is 0 Å². The average molecular weight is 617 g/mol. The molecule has 0 N–H and O–H groups in total. The van der Waals surface area contributed by atoms with Gasteiger partial charge in [-0.1, -0.05) is 30.3 Å². The van der Waals surface area contributed by atoms with Gasteiger partial charge in [-0.25, -0.2) is 9.97 Å². The fraction of sp³-hybridized carbons (Fsp3) is 0.333. The van der Waals surface area contributed by atoms with E-state index in [2.05, 4.69) is 55.1 Å². The average Bonchev–Trinajstić information content (AvgIpc) is 3.81. The molecular weight excluding hydrogens is 581 g/mol. The topological polar surface area (TPSA) is 89.5 Å². The predicted octanol–water partition coefficient (Wildman–Crippen LogP) is 6.77. The molecule has 228 valence electrons. The van der Waals surface area contributed by atoms with E-state index in [1.165, 1.54) is 12.8 Å². The van der Waals surface area contributed by atoms with Crippen LogP contribution in [0.2, 0.25) is 0 Å². The van der Waals surface area contributed by atoms with Crippen molar-refractivity contribution < 1.29 is 9.21 Å². The van der Waals surface area contributed by atoms with Crippen molar-refractivity contribution in [1.82, 2.24) is 24.7 Å². The second-order valence-electron chi connectivity index (χ2n) is 12.4. The highest BCUT2D eigenvalue weighted by atomic mass is 32.1. The van der Waals surface area contributed by atoms with Gasteiger partial charge in [-0.15, -0.1) is 11.3 Å². The van der Waals surface area contributed by atoms with Gasteiger partial charge in [0.25, 0.3) is 0 Å². The van der Waals surface area contributed by atoms with Gasteiger partial charge in [0.15, 0.2) is 5.58 Å². The molecule has 1 amide bonds. The van der Waals surface area contributed by atoms with Gasteiger partial charge in [0.05, 0.1) is 30.9 Å². The maximum absolute atomic E-state index is 12.6. The van der Waals surface area contributed by atoms with Crippen molar-refractivity contribution in [2.24, 2.45) is 0 Å². The highest BCUT2D eigenvalue weighted by Gasteiger charge is 2.28. The van der Waals surface area contributed by atoms with Gasteiger partial charge in [0.1, 0.15) is 16.6 Å². The van der Waals surface area contributed by atoms with Crippen LogP contribution in [0, 0.1) is 25.2 Å². The van der Waals surface area contributed by atoms with Crippen LogP contribution in [0.1, 0.15) is 45.7 Å². The van der Waals surface area contributed by atoms with Crippen molar-refractivity contribution in [3.63, 3.8) is 0 Å². The Morgan fingerprint density at radius 3 is 2.36 bits per heavy atom. The lowest BCUT2D eigenvalue weighted by atomic mass is 9.91. The molecule has 2 aliphatic heterocycles. The molecule has 0 aliphatic carbocycles. The Hall–Kier alpha value is -4.36. The molecular formula is C36H36N6O2S. The first-order valence-corrected chi connectivity index (χ1v) is 16.3. The SMILES string of the molecule is Cc1c(-c2nc3cc(CN4CCCC4)cc(C#N)c3o2)cccc1-c1cccc(-c2nc3c(s2)CN(C(=O)CN(C)C)C3)c1C. The van der Waals surface area contributed by atoms with Crippen LogP contribution in [0.4, 0.5) is 0 Å². The summed E-state index contributed by atoms with van der Waals surface area (Å²) in [7, 11) is 3.83. The number of benzene rings is 3. The number of likely N-dealkylation sites (N-methyl/N-ethyl adjacent to an activating group) is 1. The molecule has 1 saturated heterocycles. The van der Waals surface area contributed by atoms with E-state index >= 15 is 0 Å². The number of nitriles is 1. The van der Waals surface area contributed by atoms with E-state index in [-0.39, 0.29) is 5.91 Å². The molecule has 0 bridgehead atoms. The Morgan fingerprint density at radius 2 is 1.67 bits per heavy atom. The minimum Gasteiger partial charge on any atom is -0.435 e. The smallest absolute Gasteiger partial charge is 0.237 e. The molecule has 0 radical (unpaired) electrons.